The van der Waals surface area contributed by atoms with Crippen molar-refractivity contribution < 1.29 is 23.5 Å². The van der Waals surface area contributed by atoms with Crippen LogP contribution in [0.1, 0.15) is 32.4 Å². The molecule has 2 fully saturated rings. The third-order valence-corrected chi connectivity index (χ3v) is 7.55. The number of allylic oxidation sites excluding steroid dienone is 1. The molecule has 6 atom stereocenters. The number of nitrogens with zero attached hydrogens (tertiary/aromatic N) is 1. The summed E-state index contributed by atoms with van der Waals surface area (Å²) >= 11 is 3.58. The highest BCUT2D eigenvalue weighted by molar-refractivity contribution is 9.09. The Bertz CT molecular complexity index is 1060. The molecule has 0 spiro atoms. The monoisotopic (exact) mass is 529 g/mol. The number of alkyl halides is 1. The molecule has 1 aliphatic heterocycles. The van der Waals surface area contributed by atoms with Crippen LogP contribution in [-0.2, 0) is 19.1 Å². The van der Waals surface area contributed by atoms with Gasteiger partial charge in [0.05, 0.1) is 18.2 Å². The maximum atomic E-state index is 13.6. The zero-order valence-corrected chi connectivity index (χ0v) is 20.9. The Morgan fingerprint density at radius 1 is 1.29 bits per heavy atom. The van der Waals surface area contributed by atoms with E-state index >= 15 is 0 Å². The third-order valence-electron chi connectivity index (χ3n) is 7.09. The number of carbonyl (C=O) groups is 2. The van der Waals surface area contributed by atoms with E-state index < -0.39 is 0 Å². The summed E-state index contributed by atoms with van der Waals surface area (Å²) in [6.07, 6.45) is 7.28. The number of carbonyl (C=O) groups excluding carboxylic acids is 2. The lowest BCUT2D eigenvalue weighted by Crippen LogP contribution is -2.43. The van der Waals surface area contributed by atoms with E-state index in [4.69, 9.17) is 9.47 Å². The molecule has 1 aromatic carbocycles. The molecule has 2 aliphatic rings. The Morgan fingerprint density at radius 2 is 2.12 bits per heavy atom. The summed E-state index contributed by atoms with van der Waals surface area (Å²) in [5, 5.41) is 0.819. The predicted octanol–water partition coefficient (Wildman–Crippen LogP) is 5.68. The van der Waals surface area contributed by atoms with Gasteiger partial charge in [-0.2, -0.15) is 0 Å². The van der Waals surface area contributed by atoms with Crippen LogP contribution >= 0.6 is 15.9 Å². The van der Waals surface area contributed by atoms with Crippen LogP contribution in [0.2, 0.25) is 0 Å². The van der Waals surface area contributed by atoms with Gasteiger partial charge in [-0.05, 0) is 67.4 Å². The van der Waals surface area contributed by atoms with Crippen molar-refractivity contribution in [2.75, 3.05) is 11.9 Å². The highest BCUT2D eigenvalue weighted by atomic mass is 79.9. The molecule has 1 aliphatic carbocycles. The van der Waals surface area contributed by atoms with Gasteiger partial charge >= 0.3 is 11.9 Å². The van der Waals surface area contributed by atoms with Crippen molar-refractivity contribution in [3.05, 3.63) is 60.2 Å². The molecule has 0 unspecified atom stereocenters. The number of halogens is 2. The lowest BCUT2D eigenvalue weighted by Gasteiger charge is -2.43. The normalized spacial score (nSPS) is 28.5. The number of benzene rings is 1. The number of pyridine rings is 1. The Hall–Kier alpha value is -2.54. The minimum absolute atomic E-state index is 0.0768. The summed E-state index contributed by atoms with van der Waals surface area (Å²) in [6, 6.07) is 10.3. The number of fused-ring (bicyclic) bond motifs is 1. The summed E-state index contributed by atoms with van der Waals surface area (Å²) < 4.78 is 24.6. The molecular weight excluding hydrogens is 501 g/mol. The molecule has 180 valence electrons. The van der Waals surface area contributed by atoms with Crippen molar-refractivity contribution in [2.24, 2.45) is 29.6 Å². The van der Waals surface area contributed by atoms with E-state index in [9.17, 15) is 14.0 Å². The number of esters is 2. The van der Waals surface area contributed by atoms with Crippen LogP contribution in [0.15, 0.2) is 48.7 Å². The van der Waals surface area contributed by atoms with Gasteiger partial charge in [-0.3, -0.25) is 14.6 Å². The van der Waals surface area contributed by atoms with Gasteiger partial charge in [-0.1, -0.05) is 40.2 Å². The van der Waals surface area contributed by atoms with E-state index in [2.05, 4.69) is 27.0 Å². The van der Waals surface area contributed by atoms with Crippen LogP contribution in [0.5, 0.6) is 0 Å². The maximum Gasteiger partial charge on any atom is 0.309 e. The van der Waals surface area contributed by atoms with Crippen LogP contribution < -0.4 is 0 Å². The highest BCUT2D eigenvalue weighted by Gasteiger charge is 2.53. The molecule has 0 N–H and O–H groups in total. The van der Waals surface area contributed by atoms with E-state index in [0.717, 1.165) is 28.6 Å². The average molecular weight is 530 g/mol. The summed E-state index contributed by atoms with van der Waals surface area (Å²) in [7, 11) is 0. The molecule has 5 nitrogen and oxygen atoms in total. The van der Waals surface area contributed by atoms with Crippen molar-refractivity contribution in [2.45, 2.75) is 32.8 Å². The van der Waals surface area contributed by atoms with Crippen LogP contribution in [-0.4, -0.2) is 35.0 Å². The third kappa shape index (κ3) is 5.40. The largest absolute Gasteiger partial charge is 0.466 e. The second-order valence-electron chi connectivity index (χ2n) is 9.18. The average Bonchev–Trinajstić information content (AvgIpc) is 3.10. The number of cyclic esters (lactones) is 1. The Morgan fingerprint density at radius 3 is 2.79 bits per heavy atom. The van der Waals surface area contributed by atoms with Crippen molar-refractivity contribution in [3.8, 4) is 11.1 Å². The van der Waals surface area contributed by atoms with Gasteiger partial charge in [0.2, 0.25) is 0 Å². The molecule has 2 aromatic rings. The molecule has 1 saturated carbocycles. The van der Waals surface area contributed by atoms with E-state index in [1.807, 2.05) is 31.2 Å². The Labute approximate surface area is 207 Å². The first-order valence-corrected chi connectivity index (χ1v) is 12.8. The first-order valence-electron chi connectivity index (χ1n) is 11.7. The second kappa shape index (κ2) is 10.8. The number of hydrogen-bond acceptors (Lipinski definition) is 5. The molecule has 1 saturated heterocycles. The van der Waals surface area contributed by atoms with Gasteiger partial charge in [-0.25, -0.2) is 4.39 Å². The molecule has 1 aromatic heterocycles. The van der Waals surface area contributed by atoms with Crippen LogP contribution in [0, 0.1) is 35.4 Å². The molecule has 0 bridgehead atoms. The van der Waals surface area contributed by atoms with E-state index in [1.165, 1.54) is 19.1 Å². The van der Waals surface area contributed by atoms with Crippen molar-refractivity contribution in [1.82, 2.24) is 4.98 Å². The summed E-state index contributed by atoms with van der Waals surface area (Å²) in [5.41, 5.74) is 2.41. The quantitative estimate of drug-likeness (QED) is 0.341. The second-order valence-corrected chi connectivity index (χ2v) is 9.98. The van der Waals surface area contributed by atoms with E-state index in [1.54, 1.807) is 12.3 Å². The fourth-order valence-electron chi connectivity index (χ4n) is 5.56. The molecule has 2 heterocycles. The summed E-state index contributed by atoms with van der Waals surface area (Å²) in [5.74, 6) is -0.457. The molecule has 7 heteroatoms. The predicted molar refractivity (Wildman–Crippen MR) is 131 cm³/mol. The first kappa shape index (κ1) is 24.6. The summed E-state index contributed by atoms with van der Waals surface area (Å²) in [4.78, 5) is 28.6. The van der Waals surface area contributed by atoms with Gasteiger partial charge in [0.25, 0.3) is 0 Å². The Kier molecular flexibility index (Phi) is 7.81. The maximum absolute atomic E-state index is 13.6. The van der Waals surface area contributed by atoms with Gasteiger partial charge in [0, 0.05) is 29.9 Å². The Balaban J connectivity index is 1.59. The van der Waals surface area contributed by atoms with Crippen LogP contribution in [0.4, 0.5) is 4.39 Å². The van der Waals surface area contributed by atoms with Gasteiger partial charge < -0.3 is 9.47 Å². The van der Waals surface area contributed by atoms with Crippen LogP contribution in [0.25, 0.3) is 17.2 Å². The fourth-order valence-corrected chi connectivity index (χ4v) is 6.09. The van der Waals surface area contributed by atoms with Gasteiger partial charge in [-0.15, -0.1) is 0 Å². The van der Waals surface area contributed by atoms with Crippen molar-refractivity contribution >= 4 is 33.9 Å². The molecule has 34 heavy (non-hydrogen) atoms. The van der Waals surface area contributed by atoms with Crippen molar-refractivity contribution in [1.29, 1.82) is 0 Å². The minimum Gasteiger partial charge on any atom is -0.466 e. The number of rotatable bonds is 7. The van der Waals surface area contributed by atoms with Gasteiger partial charge in [0.15, 0.2) is 0 Å². The lowest BCUT2D eigenvalue weighted by atomic mass is 9.60. The van der Waals surface area contributed by atoms with E-state index in [0.29, 0.717) is 13.0 Å². The zero-order chi connectivity index (χ0) is 24.2. The standard InChI is InChI=1S/C27H29BrFNO4/c1-16-26-24(9-8-22-7-6-19(14-30-22)18-4-3-5-21(29)12-18)23(10-11-28)20(15-33-17(2)31)13-25(26)27(32)34-16/h3-9,12,14,16,20,23-26H,10-11,13,15H2,1-2H3/b9-8+/t16-,20-,23-,24+,25-,26+/m1/s1. The van der Waals surface area contributed by atoms with E-state index in [-0.39, 0.29) is 53.4 Å². The smallest absolute Gasteiger partial charge is 0.309 e. The lowest BCUT2D eigenvalue weighted by molar-refractivity contribution is -0.145. The summed E-state index contributed by atoms with van der Waals surface area (Å²) in [6.45, 7) is 3.68. The fraction of sp³-hybridized carbons (Fsp3) is 0.444. The number of hydrogen-bond donors (Lipinski definition) is 0. The molecular formula is C27H29BrFNO4. The molecule has 0 amide bonds. The topological polar surface area (TPSA) is 65.5 Å². The number of ether oxygens (including phenoxy) is 2. The highest BCUT2D eigenvalue weighted by Crippen LogP contribution is 2.50. The molecule has 4 rings (SSSR count). The first-order chi connectivity index (χ1) is 16.4. The van der Waals surface area contributed by atoms with Crippen LogP contribution in [0.3, 0.4) is 0 Å². The zero-order valence-electron chi connectivity index (χ0n) is 19.3. The van der Waals surface area contributed by atoms with Crippen molar-refractivity contribution in [3.63, 3.8) is 0 Å². The van der Waals surface area contributed by atoms with Gasteiger partial charge in [0.1, 0.15) is 11.9 Å². The minimum atomic E-state index is -0.309. The molecule has 0 radical (unpaired) electrons. The number of aromatic nitrogens is 1. The SMILES string of the molecule is CC(=O)OC[C@H]1C[C@H]2C(=O)O[C@H](C)[C@H]2[C@@H](/C=C/c2ccc(-c3cccc(F)c3)cn2)[C@@H]1CCBr.